The predicted octanol–water partition coefficient (Wildman–Crippen LogP) is 1.54. The van der Waals surface area contributed by atoms with Crippen molar-refractivity contribution in [3.8, 4) is 0 Å². The molecule has 0 unspecified atom stereocenters. The molecule has 0 bridgehead atoms. The first-order valence-electron chi connectivity index (χ1n) is 6.20. The Kier molecular flexibility index (Phi) is 3.97. The van der Waals surface area contributed by atoms with Crippen LogP contribution in [-0.4, -0.2) is 29.8 Å². The largest absolute Gasteiger partial charge is 0.330 e. The molecule has 0 saturated carbocycles. The summed E-state index contributed by atoms with van der Waals surface area (Å²) in [7, 11) is 0. The zero-order valence-corrected chi connectivity index (χ0v) is 11.4. The number of imide groups is 1. The summed E-state index contributed by atoms with van der Waals surface area (Å²) in [5, 5.41) is 0. The van der Waals surface area contributed by atoms with Crippen LogP contribution in [0.25, 0.3) is 0 Å². The second-order valence-corrected chi connectivity index (χ2v) is 6.58. The van der Waals surface area contributed by atoms with Gasteiger partial charge >= 0.3 is 0 Å². The number of carbonyl (C=O) groups is 2. The molecule has 0 aliphatic carbocycles. The lowest BCUT2D eigenvalue weighted by atomic mass is 9.81. The Hall–Kier alpha value is -0.900. The van der Waals surface area contributed by atoms with Crippen LogP contribution in [0.3, 0.4) is 0 Å². The summed E-state index contributed by atoms with van der Waals surface area (Å²) in [6, 6.07) is 0. The molecule has 4 nitrogen and oxygen atoms in total. The van der Waals surface area contributed by atoms with Crippen LogP contribution in [0.5, 0.6) is 0 Å². The van der Waals surface area contributed by atoms with E-state index >= 15 is 0 Å². The molecular formula is C13H24N2O2. The van der Waals surface area contributed by atoms with Crippen molar-refractivity contribution in [2.75, 3.05) is 13.1 Å². The van der Waals surface area contributed by atoms with Gasteiger partial charge in [0.05, 0.1) is 0 Å². The van der Waals surface area contributed by atoms with Crippen LogP contribution >= 0.6 is 0 Å². The zero-order valence-electron chi connectivity index (χ0n) is 11.4. The van der Waals surface area contributed by atoms with Gasteiger partial charge in [0.1, 0.15) is 0 Å². The zero-order chi connectivity index (χ0) is 13.3. The summed E-state index contributed by atoms with van der Waals surface area (Å²) >= 11 is 0. The van der Waals surface area contributed by atoms with E-state index in [1.165, 1.54) is 4.90 Å². The molecule has 1 heterocycles. The van der Waals surface area contributed by atoms with Crippen molar-refractivity contribution >= 4 is 11.8 Å². The van der Waals surface area contributed by atoms with E-state index in [-0.39, 0.29) is 22.6 Å². The molecule has 98 valence electrons. The average Bonchev–Trinajstić information content (AvgIpc) is 2.14. The van der Waals surface area contributed by atoms with Gasteiger partial charge in [0.2, 0.25) is 11.8 Å². The fourth-order valence-corrected chi connectivity index (χ4v) is 1.98. The van der Waals surface area contributed by atoms with Crippen LogP contribution in [-0.2, 0) is 9.59 Å². The smallest absolute Gasteiger partial charge is 0.229 e. The average molecular weight is 240 g/mol. The number of carbonyl (C=O) groups excluding carboxylic acids is 2. The fourth-order valence-electron chi connectivity index (χ4n) is 1.98. The van der Waals surface area contributed by atoms with Crippen LogP contribution in [0, 0.1) is 10.8 Å². The molecule has 17 heavy (non-hydrogen) atoms. The minimum Gasteiger partial charge on any atom is -0.330 e. The molecule has 0 spiro atoms. The molecule has 2 amide bonds. The first-order chi connectivity index (χ1) is 7.67. The van der Waals surface area contributed by atoms with Crippen molar-refractivity contribution in [2.45, 2.75) is 47.0 Å². The summed E-state index contributed by atoms with van der Waals surface area (Å²) in [6.45, 7) is 9.09. The highest BCUT2D eigenvalue weighted by Crippen LogP contribution is 2.32. The van der Waals surface area contributed by atoms with Crippen LogP contribution < -0.4 is 5.73 Å². The Morgan fingerprint density at radius 3 is 2.12 bits per heavy atom. The highest BCUT2D eigenvalue weighted by atomic mass is 16.2. The molecular weight excluding hydrogens is 216 g/mol. The van der Waals surface area contributed by atoms with E-state index in [2.05, 4.69) is 13.8 Å². The Labute approximate surface area is 104 Å². The highest BCUT2D eigenvalue weighted by molar-refractivity contribution is 5.98. The van der Waals surface area contributed by atoms with Crippen LogP contribution in [0.2, 0.25) is 0 Å². The van der Waals surface area contributed by atoms with Gasteiger partial charge in [-0.05, 0) is 23.8 Å². The molecule has 2 N–H and O–H groups in total. The maximum atomic E-state index is 11.9. The molecule has 1 aliphatic heterocycles. The van der Waals surface area contributed by atoms with Gasteiger partial charge in [0.15, 0.2) is 0 Å². The van der Waals surface area contributed by atoms with Crippen LogP contribution in [0.4, 0.5) is 0 Å². The van der Waals surface area contributed by atoms with Gasteiger partial charge in [0, 0.05) is 19.4 Å². The molecule has 0 aromatic rings. The van der Waals surface area contributed by atoms with Gasteiger partial charge in [-0.15, -0.1) is 0 Å². The molecule has 1 saturated heterocycles. The lowest BCUT2D eigenvalue weighted by Gasteiger charge is -2.36. The first-order valence-corrected chi connectivity index (χ1v) is 6.20. The van der Waals surface area contributed by atoms with Gasteiger partial charge in [0.25, 0.3) is 0 Å². The minimum atomic E-state index is -0.186. The number of piperidine rings is 1. The molecule has 1 aliphatic rings. The third kappa shape index (κ3) is 3.80. The van der Waals surface area contributed by atoms with Gasteiger partial charge < -0.3 is 5.73 Å². The quantitative estimate of drug-likeness (QED) is 0.758. The number of hydrogen-bond acceptors (Lipinski definition) is 3. The Morgan fingerprint density at radius 1 is 1.24 bits per heavy atom. The Morgan fingerprint density at radius 2 is 1.71 bits per heavy atom. The molecule has 0 atom stereocenters. The van der Waals surface area contributed by atoms with Crippen molar-refractivity contribution < 1.29 is 9.59 Å². The van der Waals surface area contributed by atoms with E-state index < -0.39 is 0 Å². The Balaban J connectivity index is 2.61. The monoisotopic (exact) mass is 240 g/mol. The number of nitrogens with zero attached hydrogens (tertiary/aromatic N) is 1. The maximum Gasteiger partial charge on any atom is 0.229 e. The van der Waals surface area contributed by atoms with Crippen molar-refractivity contribution in [3.63, 3.8) is 0 Å². The number of amides is 2. The summed E-state index contributed by atoms with van der Waals surface area (Å²) in [5.41, 5.74) is 5.44. The SMILES string of the molecule is CC(C)(CN)CCN1C(=O)CC(C)(C)CC1=O. The normalized spacial score (nSPS) is 20.9. The molecule has 0 radical (unpaired) electrons. The third-order valence-electron chi connectivity index (χ3n) is 3.43. The van der Waals surface area contributed by atoms with Gasteiger partial charge in [-0.25, -0.2) is 0 Å². The Bertz CT molecular complexity index is 301. The molecule has 0 aromatic heterocycles. The van der Waals surface area contributed by atoms with Crippen molar-refractivity contribution in [2.24, 2.45) is 16.6 Å². The number of likely N-dealkylation sites (tertiary alicyclic amines) is 1. The van der Waals surface area contributed by atoms with Crippen molar-refractivity contribution in [1.82, 2.24) is 4.90 Å². The summed E-state index contributed by atoms with van der Waals surface area (Å²) in [4.78, 5) is 25.2. The third-order valence-corrected chi connectivity index (χ3v) is 3.43. The van der Waals surface area contributed by atoms with Gasteiger partial charge in [-0.1, -0.05) is 27.7 Å². The minimum absolute atomic E-state index is 0.0203. The van der Waals surface area contributed by atoms with E-state index in [0.29, 0.717) is 25.9 Å². The van der Waals surface area contributed by atoms with Crippen molar-refractivity contribution in [3.05, 3.63) is 0 Å². The van der Waals surface area contributed by atoms with E-state index in [0.717, 1.165) is 6.42 Å². The predicted molar refractivity (Wildman–Crippen MR) is 67.2 cm³/mol. The first kappa shape index (κ1) is 14.2. The van der Waals surface area contributed by atoms with E-state index in [1.54, 1.807) is 0 Å². The van der Waals surface area contributed by atoms with Crippen molar-refractivity contribution in [1.29, 1.82) is 0 Å². The van der Waals surface area contributed by atoms with E-state index in [9.17, 15) is 9.59 Å². The molecule has 1 fully saturated rings. The standard InChI is InChI=1S/C13H24N2O2/c1-12(2,9-14)5-6-15-10(16)7-13(3,4)8-11(15)17/h5-9,14H2,1-4H3. The maximum absolute atomic E-state index is 11.9. The van der Waals surface area contributed by atoms with Crippen LogP contribution in [0.1, 0.15) is 47.0 Å². The van der Waals surface area contributed by atoms with Crippen LogP contribution in [0.15, 0.2) is 0 Å². The van der Waals surface area contributed by atoms with Gasteiger partial charge in [-0.2, -0.15) is 0 Å². The van der Waals surface area contributed by atoms with E-state index in [1.807, 2.05) is 13.8 Å². The number of nitrogens with two attached hydrogens (primary N) is 1. The second kappa shape index (κ2) is 4.77. The molecule has 4 heteroatoms. The lowest BCUT2D eigenvalue weighted by molar-refractivity contribution is -0.152. The summed E-state index contributed by atoms with van der Waals surface area (Å²) in [5.74, 6) is -0.0851. The fraction of sp³-hybridized carbons (Fsp3) is 0.846. The van der Waals surface area contributed by atoms with E-state index in [4.69, 9.17) is 5.73 Å². The highest BCUT2D eigenvalue weighted by Gasteiger charge is 2.37. The summed E-state index contributed by atoms with van der Waals surface area (Å²) < 4.78 is 0. The number of rotatable bonds is 4. The number of hydrogen-bond donors (Lipinski definition) is 1. The lowest BCUT2D eigenvalue weighted by Crippen LogP contribution is -2.47. The second-order valence-electron chi connectivity index (χ2n) is 6.58. The van der Waals surface area contributed by atoms with Gasteiger partial charge in [-0.3, -0.25) is 14.5 Å². The molecule has 0 aromatic carbocycles. The molecule has 1 rings (SSSR count). The topological polar surface area (TPSA) is 63.4 Å². The summed E-state index contributed by atoms with van der Waals surface area (Å²) in [6.07, 6.45) is 1.69.